The van der Waals surface area contributed by atoms with Crippen LogP contribution in [0.1, 0.15) is 25.7 Å². The van der Waals surface area contributed by atoms with Gasteiger partial charge in [0, 0.05) is 6.04 Å². The van der Waals surface area contributed by atoms with Gasteiger partial charge >= 0.3 is 0 Å². The van der Waals surface area contributed by atoms with Gasteiger partial charge in [-0.3, -0.25) is 0 Å². The van der Waals surface area contributed by atoms with Crippen LogP contribution in [0.15, 0.2) is 0 Å². The van der Waals surface area contributed by atoms with Crippen molar-refractivity contribution < 1.29 is 0 Å². The standard InChI is InChI=1S/C7H13N/c8-7-2-1-5-3-6(5)4-7/h5-7H,1-4,8H2/t5-,6?,7?/m0/s1. The maximum Gasteiger partial charge on any atom is 0.00416 e. The van der Waals surface area contributed by atoms with Gasteiger partial charge in [0.25, 0.3) is 0 Å². The van der Waals surface area contributed by atoms with Crippen LogP contribution in [0.4, 0.5) is 0 Å². The predicted molar refractivity (Wildman–Crippen MR) is 33.4 cm³/mol. The summed E-state index contributed by atoms with van der Waals surface area (Å²) in [7, 11) is 0. The summed E-state index contributed by atoms with van der Waals surface area (Å²) < 4.78 is 0. The van der Waals surface area contributed by atoms with Crippen LogP contribution in [0.25, 0.3) is 0 Å². The average molecular weight is 111 g/mol. The summed E-state index contributed by atoms with van der Waals surface area (Å²) in [4.78, 5) is 0. The molecule has 2 saturated carbocycles. The molecule has 1 nitrogen and oxygen atoms in total. The molecule has 0 aromatic carbocycles. The molecular weight excluding hydrogens is 98.1 g/mol. The summed E-state index contributed by atoms with van der Waals surface area (Å²) in [6, 6.07) is 0.554. The van der Waals surface area contributed by atoms with E-state index in [9.17, 15) is 0 Å². The van der Waals surface area contributed by atoms with Crippen molar-refractivity contribution in [2.75, 3.05) is 0 Å². The van der Waals surface area contributed by atoms with Crippen molar-refractivity contribution in [3.8, 4) is 0 Å². The van der Waals surface area contributed by atoms with E-state index in [4.69, 9.17) is 5.73 Å². The molecule has 0 aliphatic heterocycles. The summed E-state index contributed by atoms with van der Waals surface area (Å²) in [6.45, 7) is 0. The summed E-state index contributed by atoms with van der Waals surface area (Å²) in [5.41, 5.74) is 5.75. The molecule has 0 spiro atoms. The van der Waals surface area contributed by atoms with Crippen molar-refractivity contribution in [1.82, 2.24) is 0 Å². The van der Waals surface area contributed by atoms with Gasteiger partial charge in [-0.2, -0.15) is 0 Å². The van der Waals surface area contributed by atoms with Gasteiger partial charge in [-0.25, -0.2) is 0 Å². The molecule has 2 aliphatic rings. The SMILES string of the molecule is NC1CC[C@H]2CC2C1. The zero-order valence-electron chi connectivity index (χ0n) is 5.14. The van der Waals surface area contributed by atoms with Crippen LogP contribution in [0.2, 0.25) is 0 Å². The Balaban J connectivity index is 1.93. The zero-order chi connectivity index (χ0) is 5.56. The largest absolute Gasteiger partial charge is 0.328 e. The highest BCUT2D eigenvalue weighted by Gasteiger charge is 2.40. The van der Waals surface area contributed by atoms with E-state index in [2.05, 4.69) is 0 Å². The monoisotopic (exact) mass is 111 g/mol. The minimum Gasteiger partial charge on any atom is -0.328 e. The van der Waals surface area contributed by atoms with Gasteiger partial charge in [0.1, 0.15) is 0 Å². The highest BCUT2D eigenvalue weighted by Crippen LogP contribution is 2.48. The maximum atomic E-state index is 5.75. The van der Waals surface area contributed by atoms with Gasteiger partial charge in [-0.1, -0.05) is 0 Å². The quantitative estimate of drug-likeness (QED) is 0.498. The van der Waals surface area contributed by atoms with Crippen molar-refractivity contribution >= 4 is 0 Å². The molecule has 0 amide bonds. The smallest absolute Gasteiger partial charge is 0.00416 e. The van der Waals surface area contributed by atoms with Crippen LogP contribution in [0.3, 0.4) is 0 Å². The Morgan fingerprint density at radius 3 is 2.50 bits per heavy atom. The van der Waals surface area contributed by atoms with Gasteiger partial charge in [-0.05, 0) is 37.5 Å². The highest BCUT2D eigenvalue weighted by atomic mass is 14.7. The summed E-state index contributed by atoms with van der Waals surface area (Å²) in [6.07, 6.45) is 5.53. The molecule has 3 atom stereocenters. The van der Waals surface area contributed by atoms with Crippen LogP contribution < -0.4 is 5.73 Å². The first-order chi connectivity index (χ1) is 3.86. The van der Waals surface area contributed by atoms with Crippen LogP contribution in [-0.2, 0) is 0 Å². The second kappa shape index (κ2) is 1.47. The number of hydrogen-bond acceptors (Lipinski definition) is 1. The first-order valence-electron chi connectivity index (χ1n) is 3.62. The van der Waals surface area contributed by atoms with Gasteiger partial charge in [0.05, 0.1) is 0 Å². The Bertz CT molecular complexity index is 101. The van der Waals surface area contributed by atoms with E-state index in [1.807, 2.05) is 0 Å². The molecule has 0 bridgehead atoms. The van der Waals surface area contributed by atoms with Crippen molar-refractivity contribution in [1.29, 1.82) is 0 Å². The van der Waals surface area contributed by atoms with Crippen molar-refractivity contribution in [3.05, 3.63) is 0 Å². The van der Waals surface area contributed by atoms with Crippen molar-refractivity contribution in [3.63, 3.8) is 0 Å². The lowest BCUT2D eigenvalue weighted by Gasteiger charge is -2.15. The fourth-order valence-electron chi connectivity index (χ4n) is 1.89. The Morgan fingerprint density at radius 2 is 1.88 bits per heavy atom. The number of nitrogens with two attached hydrogens (primary N) is 1. The summed E-state index contributed by atoms with van der Waals surface area (Å²) >= 11 is 0. The normalized spacial score (nSPS) is 52.9. The van der Waals surface area contributed by atoms with E-state index >= 15 is 0 Å². The Hall–Kier alpha value is -0.0400. The Kier molecular flexibility index (Phi) is 0.884. The number of hydrogen-bond donors (Lipinski definition) is 1. The molecule has 2 unspecified atom stereocenters. The first kappa shape index (κ1) is 4.80. The fourth-order valence-corrected chi connectivity index (χ4v) is 1.89. The van der Waals surface area contributed by atoms with Gasteiger partial charge in [0.2, 0.25) is 0 Å². The minimum absolute atomic E-state index is 0.554. The van der Waals surface area contributed by atoms with E-state index in [1.165, 1.54) is 25.7 Å². The van der Waals surface area contributed by atoms with Crippen LogP contribution in [0.5, 0.6) is 0 Å². The third-order valence-electron chi connectivity index (χ3n) is 2.58. The minimum atomic E-state index is 0.554. The number of fused-ring (bicyclic) bond motifs is 1. The molecular formula is C7H13N. The number of rotatable bonds is 0. The lowest BCUT2D eigenvalue weighted by atomic mass is 9.97. The van der Waals surface area contributed by atoms with E-state index in [0.29, 0.717) is 6.04 Å². The predicted octanol–water partition coefficient (Wildman–Crippen LogP) is 1.13. The average Bonchev–Trinajstić information content (AvgIpc) is 2.43. The van der Waals surface area contributed by atoms with E-state index < -0.39 is 0 Å². The maximum absolute atomic E-state index is 5.75. The molecule has 8 heavy (non-hydrogen) atoms. The molecule has 1 heteroatoms. The topological polar surface area (TPSA) is 26.0 Å². The molecule has 2 rings (SSSR count). The Labute approximate surface area is 50.3 Å². The second-order valence-electron chi connectivity index (χ2n) is 3.33. The lowest BCUT2D eigenvalue weighted by Crippen LogP contribution is -2.23. The lowest BCUT2D eigenvalue weighted by molar-refractivity contribution is 0.422. The molecule has 0 aromatic rings. The fraction of sp³-hybridized carbons (Fsp3) is 1.00. The Morgan fingerprint density at radius 1 is 1.00 bits per heavy atom. The van der Waals surface area contributed by atoms with Gasteiger partial charge in [0.15, 0.2) is 0 Å². The van der Waals surface area contributed by atoms with Gasteiger partial charge in [-0.15, -0.1) is 0 Å². The van der Waals surface area contributed by atoms with Crippen molar-refractivity contribution in [2.24, 2.45) is 17.6 Å². The third-order valence-corrected chi connectivity index (χ3v) is 2.58. The second-order valence-corrected chi connectivity index (χ2v) is 3.33. The molecule has 0 heterocycles. The molecule has 2 aliphatic carbocycles. The molecule has 0 saturated heterocycles. The first-order valence-corrected chi connectivity index (χ1v) is 3.62. The summed E-state index contributed by atoms with van der Waals surface area (Å²) in [5, 5.41) is 0. The molecule has 0 aromatic heterocycles. The van der Waals surface area contributed by atoms with Crippen molar-refractivity contribution in [2.45, 2.75) is 31.7 Å². The highest BCUT2D eigenvalue weighted by molar-refractivity contribution is 4.93. The molecule has 2 fully saturated rings. The van der Waals surface area contributed by atoms with Crippen LogP contribution in [-0.4, -0.2) is 6.04 Å². The molecule has 46 valence electrons. The van der Waals surface area contributed by atoms with E-state index in [1.54, 1.807) is 0 Å². The van der Waals surface area contributed by atoms with E-state index in [-0.39, 0.29) is 0 Å². The third kappa shape index (κ3) is 0.655. The van der Waals surface area contributed by atoms with Crippen LogP contribution in [0, 0.1) is 11.8 Å². The molecule has 2 N–H and O–H groups in total. The van der Waals surface area contributed by atoms with Crippen LogP contribution >= 0.6 is 0 Å². The molecule has 0 radical (unpaired) electrons. The van der Waals surface area contributed by atoms with Gasteiger partial charge < -0.3 is 5.73 Å². The zero-order valence-corrected chi connectivity index (χ0v) is 5.14. The van der Waals surface area contributed by atoms with E-state index in [0.717, 1.165) is 11.8 Å². The summed E-state index contributed by atoms with van der Waals surface area (Å²) in [5.74, 6) is 2.16.